The van der Waals surface area contributed by atoms with Crippen LogP contribution in [0.25, 0.3) is 5.70 Å². The van der Waals surface area contributed by atoms with Crippen LogP contribution in [0.2, 0.25) is 5.02 Å². The van der Waals surface area contributed by atoms with E-state index in [0.29, 0.717) is 34.3 Å². The molecule has 21 heavy (non-hydrogen) atoms. The molecular weight excluding hydrogens is 290 g/mol. The number of likely N-dealkylation sites (N-methyl/N-ethyl adjacent to an activating group) is 1. The van der Waals surface area contributed by atoms with Crippen LogP contribution in [0.4, 0.5) is 0 Å². The molecule has 1 amide bonds. The van der Waals surface area contributed by atoms with Crippen molar-refractivity contribution in [1.82, 2.24) is 10.4 Å². The van der Waals surface area contributed by atoms with Crippen molar-refractivity contribution in [2.75, 3.05) is 7.05 Å². The molecule has 0 bridgehead atoms. The van der Waals surface area contributed by atoms with E-state index >= 15 is 0 Å². The summed E-state index contributed by atoms with van der Waals surface area (Å²) in [5, 5.41) is 0.570. The highest BCUT2D eigenvalue weighted by molar-refractivity contribution is 6.33. The number of hydrogen-bond donors (Lipinski definition) is 1. The number of hydrogen-bond acceptors (Lipinski definition) is 4. The lowest BCUT2D eigenvalue weighted by atomic mass is 10.1. The Bertz CT molecular complexity index is 707. The number of nitrogens with one attached hydrogen (secondary N) is 1. The number of carbonyl (C=O) groups excluding carboxylic acids is 1. The predicted molar refractivity (Wildman–Crippen MR) is 81.2 cm³/mol. The van der Waals surface area contributed by atoms with Gasteiger partial charge in [-0.3, -0.25) is 4.79 Å². The van der Waals surface area contributed by atoms with Crippen LogP contribution in [-0.4, -0.2) is 24.1 Å². The zero-order valence-electron chi connectivity index (χ0n) is 11.7. The van der Waals surface area contributed by atoms with Crippen LogP contribution < -0.4 is 5.48 Å². The Morgan fingerprint density at radius 1 is 1.38 bits per heavy atom. The molecule has 0 aliphatic carbocycles. The van der Waals surface area contributed by atoms with E-state index in [1.54, 1.807) is 13.1 Å². The molecule has 5 nitrogen and oxygen atoms in total. The van der Waals surface area contributed by atoms with E-state index in [1.807, 2.05) is 25.1 Å². The Morgan fingerprint density at radius 3 is 2.86 bits per heavy atom. The summed E-state index contributed by atoms with van der Waals surface area (Å²) in [5.41, 5.74) is 5.57. The number of halogens is 1. The van der Waals surface area contributed by atoms with Crippen LogP contribution in [0.1, 0.15) is 18.9 Å². The van der Waals surface area contributed by atoms with E-state index < -0.39 is 0 Å². The van der Waals surface area contributed by atoms with Crippen LogP contribution in [-0.2, 0) is 9.63 Å². The van der Waals surface area contributed by atoms with Crippen molar-refractivity contribution in [2.24, 2.45) is 4.99 Å². The Morgan fingerprint density at radius 2 is 2.14 bits per heavy atom. The molecule has 108 valence electrons. The van der Waals surface area contributed by atoms with Gasteiger partial charge in [0.15, 0.2) is 5.76 Å². The van der Waals surface area contributed by atoms with Gasteiger partial charge in [-0.05, 0) is 6.07 Å². The fourth-order valence-electron chi connectivity index (χ4n) is 2.34. The Balaban J connectivity index is 2.25. The number of benzene rings is 1. The summed E-state index contributed by atoms with van der Waals surface area (Å²) in [4.78, 5) is 23.4. The van der Waals surface area contributed by atoms with Gasteiger partial charge in [-0.25, -0.2) is 10.5 Å². The number of allylic oxidation sites excluding steroid dienone is 1. The van der Waals surface area contributed by atoms with Crippen molar-refractivity contribution in [3.8, 4) is 0 Å². The number of nitrogens with zero attached hydrogens (tertiary/aromatic N) is 2. The molecule has 0 spiro atoms. The first-order valence-electron chi connectivity index (χ1n) is 6.60. The molecule has 2 aliphatic rings. The van der Waals surface area contributed by atoms with Gasteiger partial charge in [0.05, 0.1) is 11.2 Å². The molecule has 1 N–H and O–H groups in total. The lowest BCUT2D eigenvalue weighted by Gasteiger charge is -2.15. The van der Waals surface area contributed by atoms with Crippen LogP contribution in [0.5, 0.6) is 0 Å². The SMILES string of the molecule is CCC1=C2C(=C(c3ccccc3Cl)N=CC(=O)N2C)NO1. The second-order valence-corrected chi connectivity index (χ2v) is 5.10. The van der Waals surface area contributed by atoms with E-state index in [-0.39, 0.29) is 5.91 Å². The number of aliphatic imine (C=N–C) groups is 1. The largest absolute Gasteiger partial charge is 0.384 e. The van der Waals surface area contributed by atoms with Crippen molar-refractivity contribution < 1.29 is 9.63 Å². The minimum Gasteiger partial charge on any atom is -0.384 e. The van der Waals surface area contributed by atoms with Gasteiger partial charge in [0.25, 0.3) is 5.91 Å². The maximum Gasteiger partial charge on any atom is 0.269 e. The molecule has 0 saturated carbocycles. The number of fused-ring (bicyclic) bond motifs is 1. The molecule has 0 aromatic heterocycles. The van der Waals surface area contributed by atoms with Crippen LogP contribution in [0.3, 0.4) is 0 Å². The third-order valence-electron chi connectivity index (χ3n) is 3.43. The lowest BCUT2D eigenvalue weighted by molar-refractivity contribution is -0.120. The molecule has 2 aliphatic heterocycles. The quantitative estimate of drug-likeness (QED) is 0.914. The van der Waals surface area contributed by atoms with Gasteiger partial charge in [0.1, 0.15) is 17.1 Å². The first-order valence-corrected chi connectivity index (χ1v) is 6.98. The van der Waals surface area contributed by atoms with E-state index in [0.717, 1.165) is 5.56 Å². The van der Waals surface area contributed by atoms with Crippen LogP contribution in [0.15, 0.2) is 46.4 Å². The number of carbonyl (C=O) groups is 1. The molecule has 2 heterocycles. The minimum absolute atomic E-state index is 0.206. The third-order valence-corrected chi connectivity index (χ3v) is 3.76. The predicted octanol–water partition coefficient (Wildman–Crippen LogP) is 2.71. The van der Waals surface area contributed by atoms with Gasteiger partial charge in [-0.15, -0.1) is 0 Å². The van der Waals surface area contributed by atoms with Gasteiger partial charge in [0.2, 0.25) is 0 Å². The highest BCUT2D eigenvalue weighted by Crippen LogP contribution is 2.35. The molecular formula is C15H14ClN3O2. The average Bonchev–Trinajstić information content (AvgIpc) is 2.87. The molecule has 3 rings (SSSR count). The maximum atomic E-state index is 12.1. The normalized spacial score (nSPS) is 17.7. The van der Waals surface area contributed by atoms with Gasteiger partial charge in [-0.2, -0.15) is 0 Å². The number of amides is 1. The number of rotatable bonds is 2. The van der Waals surface area contributed by atoms with Gasteiger partial charge < -0.3 is 9.74 Å². The van der Waals surface area contributed by atoms with Crippen molar-refractivity contribution >= 4 is 29.4 Å². The molecule has 0 atom stereocenters. The van der Waals surface area contributed by atoms with Gasteiger partial charge >= 0.3 is 0 Å². The standard InChI is InChI=1S/C15H14ClN3O2/c1-3-11-15-14(18-21-11)13(17-8-12(20)19(15)2)9-6-4-5-7-10(9)16/h4-8,18H,3H2,1-2H3. The van der Waals surface area contributed by atoms with Crippen molar-refractivity contribution in [3.63, 3.8) is 0 Å². The molecule has 0 unspecified atom stereocenters. The molecule has 6 heteroatoms. The molecule has 1 aromatic rings. The fraction of sp³-hybridized carbons (Fsp3) is 0.200. The van der Waals surface area contributed by atoms with E-state index in [4.69, 9.17) is 16.4 Å². The summed E-state index contributed by atoms with van der Waals surface area (Å²) in [6.45, 7) is 1.96. The summed E-state index contributed by atoms with van der Waals surface area (Å²) < 4.78 is 0. The highest BCUT2D eigenvalue weighted by atomic mass is 35.5. The second kappa shape index (κ2) is 5.26. The molecule has 0 radical (unpaired) electrons. The summed E-state index contributed by atoms with van der Waals surface area (Å²) in [7, 11) is 1.70. The minimum atomic E-state index is -0.206. The van der Waals surface area contributed by atoms with Crippen molar-refractivity contribution in [3.05, 3.63) is 52.0 Å². The van der Waals surface area contributed by atoms with E-state index in [2.05, 4.69) is 10.5 Å². The van der Waals surface area contributed by atoms with Crippen molar-refractivity contribution in [1.29, 1.82) is 0 Å². The summed E-state index contributed by atoms with van der Waals surface area (Å²) in [6.07, 6.45) is 1.96. The number of hydroxylamine groups is 1. The zero-order chi connectivity index (χ0) is 15.0. The second-order valence-electron chi connectivity index (χ2n) is 4.69. The maximum absolute atomic E-state index is 12.1. The Kier molecular flexibility index (Phi) is 3.43. The Hall–Kier alpha value is -2.27. The summed E-state index contributed by atoms with van der Waals surface area (Å²) in [6, 6.07) is 7.37. The summed E-state index contributed by atoms with van der Waals surface area (Å²) >= 11 is 6.25. The lowest BCUT2D eigenvalue weighted by Crippen LogP contribution is -2.27. The molecule has 0 fully saturated rings. The topological polar surface area (TPSA) is 53.9 Å². The van der Waals surface area contributed by atoms with Crippen molar-refractivity contribution in [2.45, 2.75) is 13.3 Å². The monoisotopic (exact) mass is 303 g/mol. The Labute approximate surface area is 127 Å². The molecule has 1 aromatic carbocycles. The highest BCUT2D eigenvalue weighted by Gasteiger charge is 2.32. The van der Waals surface area contributed by atoms with E-state index in [1.165, 1.54) is 11.1 Å². The smallest absolute Gasteiger partial charge is 0.269 e. The zero-order valence-corrected chi connectivity index (χ0v) is 12.4. The fourth-order valence-corrected chi connectivity index (χ4v) is 2.57. The molecule has 0 saturated heterocycles. The van der Waals surface area contributed by atoms with Crippen LogP contribution in [0, 0.1) is 0 Å². The van der Waals surface area contributed by atoms with E-state index in [9.17, 15) is 4.79 Å². The summed E-state index contributed by atoms with van der Waals surface area (Å²) in [5.74, 6) is 0.499. The van der Waals surface area contributed by atoms with Crippen LogP contribution >= 0.6 is 11.6 Å². The van der Waals surface area contributed by atoms with Gasteiger partial charge in [0, 0.05) is 19.0 Å². The van der Waals surface area contributed by atoms with Gasteiger partial charge in [-0.1, -0.05) is 36.7 Å². The third kappa shape index (κ3) is 2.19. The first-order chi connectivity index (χ1) is 10.1. The average molecular weight is 304 g/mol. The first kappa shape index (κ1) is 13.7.